The number of fused-ring (bicyclic) bond motifs is 1. The highest BCUT2D eigenvalue weighted by Gasteiger charge is 2.31. The highest BCUT2D eigenvalue weighted by atomic mass is 19.4. The molecule has 0 spiro atoms. The topological polar surface area (TPSA) is 120 Å². The fourth-order valence-electron chi connectivity index (χ4n) is 3.35. The molecule has 4 aromatic rings. The Kier molecular flexibility index (Phi) is 6.91. The van der Waals surface area contributed by atoms with Gasteiger partial charge in [-0.3, -0.25) is 9.59 Å². The summed E-state index contributed by atoms with van der Waals surface area (Å²) in [5, 5.41) is 9.40. The van der Waals surface area contributed by atoms with E-state index in [0.717, 1.165) is 18.2 Å². The fraction of sp³-hybridized carbons (Fsp3) is 0.174. The maximum absolute atomic E-state index is 14.1. The Morgan fingerprint density at radius 2 is 1.92 bits per heavy atom. The normalized spacial score (nSPS) is 11.3. The lowest BCUT2D eigenvalue weighted by Gasteiger charge is -2.13. The monoisotopic (exact) mass is 518 g/mol. The minimum Gasteiger partial charge on any atom is -0.480 e. The van der Waals surface area contributed by atoms with Gasteiger partial charge in [0.15, 0.2) is 11.5 Å². The van der Waals surface area contributed by atoms with Crippen LogP contribution in [0.5, 0.6) is 11.6 Å². The first-order valence-electron chi connectivity index (χ1n) is 10.5. The largest absolute Gasteiger partial charge is 0.573 e. The summed E-state index contributed by atoms with van der Waals surface area (Å²) in [4.78, 5) is 32.5. The summed E-state index contributed by atoms with van der Waals surface area (Å²) in [6.45, 7) is 0.915. The summed E-state index contributed by atoms with van der Waals surface area (Å²) in [6.07, 6.45) is -2.01. The number of ether oxygens (including phenoxy) is 2. The van der Waals surface area contributed by atoms with Gasteiger partial charge in [0.05, 0.1) is 19.0 Å². The molecule has 0 aliphatic heterocycles. The van der Waals surface area contributed by atoms with E-state index in [-0.39, 0.29) is 22.9 Å². The number of hydrogen-bond acceptors (Lipinski definition) is 7. The number of amides is 2. The van der Waals surface area contributed by atoms with Gasteiger partial charge in [-0.05, 0) is 36.4 Å². The average Bonchev–Trinajstić information content (AvgIpc) is 3.23. The molecule has 1 aromatic carbocycles. The Balaban J connectivity index is 1.57. The molecule has 0 aliphatic carbocycles. The number of benzene rings is 1. The van der Waals surface area contributed by atoms with Crippen molar-refractivity contribution in [2.24, 2.45) is 0 Å². The van der Waals surface area contributed by atoms with Crippen LogP contribution in [-0.4, -0.2) is 44.9 Å². The van der Waals surface area contributed by atoms with Gasteiger partial charge in [0.2, 0.25) is 11.8 Å². The second-order valence-electron chi connectivity index (χ2n) is 7.59. The van der Waals surface area contributed by atoms with Crippen LogP contribution in [0.3, 0.4) is 0 Å². The maximum Gasteiger partial charge on any atom is 0.573 e. The van der Waals surface area contributed by atoms with Gasteiger partial charge < -0.3 is 20.1 Å². The zero-order valence-corrected chi connectivity index (χ0v) is 19.3. The van der Waals surface area contributed by atoms with E-state index in [1.54, 1.807) is 12.1 Å². The lowest BCUT2D eigenvalue weighted by molar-refractivity contribution is -0.274. The van der Waals surface area contributed by atoms with Crippen LogP contribution >= 0.6 is 0 Å². The predicted molar refractivity (Wildman–Crippen MR) is 121 cm³/mol. The number of nitrogens with one attached hydrogen (secondary N) is 2. The molecule has 3 aromatic heterocycles. The first-order valence-corrected chi connectivity index (χ1v) is 10.5. The van der Waals surface area contributed by atoms with Crippen LogP contribution in [0.1, 0.15) is 22.8 Å². The summed E-state index contributed by atoms with van der Waals surface area (Å²) < 4.78 is 61.9. The number of rotatable bonds is 7. The van der Waals surface area contributed by atoms with Crippen molar-refractivity contribution in [3.63, 3.8) is 0 Å². The molecule has 0 saturated heterocycles. The Bertz CT molecular complexity index is 1490. The summed E-state index contributed by atoms with van der Waals surface area (Å²) in [6, 6.07) is 7.20. The SMILES string of the molecule is COc1ncc(-c2ccc3nc(NC(C)=O)cn3n2)cc1C(=O)NCc1cc(OC(F)(F)F)ccc1F. The Morgan fingerprint density at radius 1 is 1.14 bits per heavy atom. The van der Waals surface area contributed by atoms with E-state index < -0.39 is 30.4 Å². The first-order chi connectivity index (χ1) is 17.5. The number of aromatic nitrogens is 4. The third kappa shape index (κ3) is 6.09. The van der Waals surface area contributed by atoms with E-state index in [4.69, 9.17) is 4.74 Å². The third-order valence-corrected chi connectivity index (χ3v) is 4.90. The van der Waals surface area contributed by atoms with Gasteiger partial charge in [0.1, 0.15) is 17.1 Å². The molecular formula is C23H18F4N6O4. The second-order valence-corrected chi connectivity index (χ2v) is 7.59. The zero-order valence-electron chi connectivity index (χ0n) is 19.3. The van der Waals surface area contributed by atoms with E-state index in [1.165, 1.54) is 37.0 Å². The Morgan fingerprint density at radius 3 is 2.62 bits per heavy atom. The van der Waals surface area contributed by atoms with Gasteiger partial charge in [-0.25, -0.2) is 18.9 Å². The van der Waals surface area contributed by atoms with Crippen molar-refractivity contribution >= 4 is 23.3 Å². The Labute approximate surface area is 206 Å². The van der Waals surface area contributed by atoms with E-state index in [2.05, 4.69) is 30.4 Å². The molecule has 0 saturated carbocycles. The van der Waals surface area contributed by atoms with Crippen LogP contribution in [0.4, 0.5) is 23.4 Å². The molecule has 4 rings (SSSR count). The lowest BCUT2D eigenvalue weighted by Crippen LogP contribution is -2.24. The number of carbonyl (C=O) groups is 2. The molecule has 37 heavy (non-hydrogen) atoms. The predicted octanol–water partition coefficient (Wildman–Crippen LogP) is 3.73. The smallest absolute Gasteiger partial charge is 0.480 e. The van der Waals surface area contributed by atoms with Gasteiger partial charge in [-0.2, -0.15) is 5.10 Å². The number of pyridine rings is 1. The van der Waals surface area contributed by atoms with Crippen molar-refractivity contribution in [3.05, 3.63) is 65.7 Å². The molecule has 2 N–H and O–H groups in total. The highest BCUT2D eigenvalue weighted by Crippen LogP contribution is 2.26. The molecule has 0 radical (unpaired) electrons. The molecule has 0 atom stereocenters. The number of carbonyl (C=O) groups excluding carboxylic acids is 2. The molecular weight excluding hydrogens is 500 g/mol. The van der Waals surface area contributed by atoms with Crippen LogP contribution in [0.25, 0.3) is 16.9 Å². The minimum absolute atomic E-state index is 0.0189. The Hall–Kier alpha value is -4.75. The van der Waals surface area contributed by atoms with E-state index in [1.807, 2.05) is 0 Å². The second kappa shape index (κ2) is 10.1. The fourth-order valence-corrected chi connectivity index (χ4v) is 3.35. The third-order valence-electron chi connectivity index (χ3n) is 4.90. The van der Waals surface area contributed by atoms with Crippen molar-refractivity contribution in [3.8, 4) is 22.9 Å². The quantitative estimate of drug-likeness (QED) is 0.358. The minimum atomic E-state index is -4.95. The number of halogens is 4. The number of methoxy groups -OCH3 is 1. The molecule has 0 fully saturated rings. The molecule has 10 nitrogen and oxygen atoms in total. The van der Waals surface area contributed by atoms with Gasteiger partial charge >= 0.3 is 6.36 Å². The molecule has 3 heterocycles. The van der Waals surface area contributed by atoms with Crippen molar-refractivity contribution in [2.75, 3.05) is 12.4 Å². The number of anilines is 1. The van der Waals surface area contributed by atoms with E-state index in [0.29, 0.717) is 22.7 Å². The lowest BCUT2D eigenvalue weighted by atomic mass is 10.1. The van der Waals surface area contributed by atoms with E-state index >= 15 is 0 Å². The van der Waals surface area contributed by atoms with Crippen LogP contribution in [-0.2, 0) is 11.3 Å². The summed E-state index contributed by atoms with van der Waals surface area (Å²) in [5.41, 5.74) is 1.06. The van der Waals surface area contributed by atoms with Crippen LogP contribution in [0.2, 0.25) is 0 Å². The van der Waals surface area contributed by atoms with Gasteiger partial charge in [-0.15, -0.1) is 13.2 Å². The van der Waals surface area contributed by atoms with Crippen LogP contribution in [0, 0.1) is 5.82 Å². The standard InChI is InChI=1S/C23H18F4N6O4/c1-12(34)30-19-11-33-20(31-19)6-5-18(32-33)14-8-16(22(36-2)29-10-14)21(35)28-9-13-7-15(3-4-17(13)24)37-23(25,26)27/h3-8,10-11H,9H2,1-2H3,(H,28,35)(H,30,34). The molecule has 0 unspecified atom stereocenters. The summed E-state index contributed by atoms with van der Waals surface area (Å²) in [5.74, 6) is -2.19. The van der Waals surface area contributed by atoms with Crippen molar-refractivity contribution in [1.82, 2.24) is 24.9 Å². The number of alkyl halides is 3. The van der Waals surface area contributed by atoms with Gasteiger partial charge in [-0.1, -0.05) is 0 Å². The van der Waals surface area contributed by atoms with E-state index in [9.17, 15) is 27.2 Å². The molecule has 14 heteroatoms. The first kappa shape index (κ1) is 25.3. The van der Waals surface area contributed by atoms with Crippen LogP contribution in [0.15, 0.2) is 48.8 Å². The number of imidazole rings is 1. The average molecular weight is 518 g/mol. The molecule has 0 aliphatic rings. The molecule has 2 amide bonds. The number of hydrogen-bond donors (Lipinski definition) is 2. The molecule has 192 valence electrons. The number of nitrogens with zero attached hydrogens (tertiary/aromatic N) is 4. The maximum atomic E-state index is 14.1. The molecule has 0 bridgehead atoms. The van der Waals surface area contributed by atoms with Gasteiger partial charge in [0, 0.05) is 30.8 Å². The van der Waals surface area contributed by atoms with Crippen LogP contribution < -0.4 is 20.1 Å². The summed E-state index contributed by atoms with van der Waals surface area (Å²) >= 11 is 0. The van der Waals surface area contributed by atoms with Crippen molar-refractivity contribution in [2.45, 2.75) is 19.8 Å². The summed E-state index contributed by atoms with van der Waals surface area (Å²) in [7, 11) is 1.30. The van der Waals surface area contributed by atoms with Gasteiger partial charge in [0.25, 0.3) is 5.91 Å². The highest BCUT2D eigenvalue weighted by molar-refractivity contribution is 5.97. The van der Waals surface area contributed by atoms with Crippen molar-refractivity contribution < 1.29 is 36.6 Å². The van der Waals surface area contributed by atoms with Crippen molar-refractivity contribution in [1.29, 1.82) is 0 Å². The zero-order chi connectivity index (χ0) is 26.7.